The van der Waals surface area contributed by atoms with E-state index in [9.17, 15) is 14.7 Å². The summed E-state index contributed by atoms with van der Waals surface area (Å²) in [5, 5.41) is 12.4. The van der Waals surface area contributed by atoms with Gasteiger partial charge in [0.1, 0.15) is 6.04 Å². The van der Waals surface area contributed by atoms with E-state index in [-0.39, 0.29) is 18.2 Å². The Balaban J connectivity index is 2.08. The maximum absolute atomic E-state index is 12.4. The van der Waals surface area contributed by atoms with Gasteiger partial charge in [0.15, 0.2) is 0 Å². The highest BCUT2D eigenvalue weighted by Gasteiger charge is 2.45. The lowest BCUT2D eigenvalue weighted by Gasteiger charge is -2.44. The summed E-state index contributed by atoms with van der Waals surface area (Å²) in [7, 11) is 0. The molecule has 6 nitrogen and oxygen atoms in total. The van der Waals surface area contributed by atoms with Crippen molar-refractivity contribution in [1.82, 2.24) is 10.2 Å². The van der Waals surface area contributed by atoms with Gasteiger partial charge in [-0.05, 0) is 31.6 Å². The number of rotatable bonds is 2. The normalized spacial score (nSPS) is 33.0. The molecular formula is C14H24N2O4. The van der Waals surface area contributed by atoms with Gasteiger partial charge in [0.25, 0.3) is 0 Å². The summed E-state index contributed by atoms with van der Waals surface area (Å²) in [5.41, 5.74) is -0.404. The fourth-order valence-corrected chi connectivity index (χ4v) is 3.24. The average molecular weight is 284 g/mol. The predicted octanol–water partition coefficient (Wildman–Crippen LogP) is 1.45. The summed E-state index contributed by atoms with van der Waals surface area (Å²) in [6.45, 7) is 6.87. The Labute approximate surface area is 119 Å². The minimum Gasteiger partial charge on any atom is -0.480 e. The number of carboxylic acid groups (broad SMARTS) is 1. The van der Waals surface area contributed by atoms with Crippen molar-refractivity contribution in [2.75, 3.05) is 13.2 Å². The highest BCUT2D eigenvalue weighted by atomic mass is 16.5. The fourth-order valence-electron chi connectivity index (χ4n) is 3.24. The smallest absolute Gasteiger partial charge is 0.327 e. The zero-order valence-corrected chi connectivity index (χ0v) is 12.4. The van der Waals surface area contributed by atoms with Crippen molar-refractivity contribution in [3.63, 3.8) is 0 Å². The van der Waals surface area contributed by atoms with Crippen LogP contribution in [0, 0.1) is 5.41 Å². The van der Waals surface area contributed by atoms with Gasteiger partial charge < -0.3 is 20.1 Å². The monoisotopic (exact) mass is 284 g/mol. The predicted molar refractivity (Wildman–Crippen MR) is 73.5 cm³/mol. The largest absolute Gasteiger partial charge is 0.480 e. The van der Waals surface area contributed by atoms with Crippen molar-refractivity contribution in [3.8, 4) is 0 Å². The minimum atomic E-state index is -0.930. The van der Waals surface area contributed by atoms with Crippen molar-refractivity contribution in [1.29, 1.82) is 0 Å². The number of hydrogen-bond donors (Lipinski definition) is 2. The van der Waals surface area contributed by atoms with E-state index in [0.29, 0.717) is 13.2 Å². The van der Waals surface area contributed by atoms with Crippen LogP contribution in [-0.2, 0) is 9.53 Å². The van der Waals surface area contributed by atoms with Crippen LogP contribution in [0.3, 0.4) is 0 Å². The standard InChI is InChI=1S/C14H24N2O4/c1-9-10(5-8-20-9)15-13(19)16-7-4-6-14(2,3)11(16)12(17)18/h9-11H,4-8H2,1-3H3,(H,15,19)(H,17,18). The fraction of sp³-hybridized carbons (Fsp3) is 0.857. The SMILES string of the molecule is CC1OCCC1NC(=O)N1CCCC(C)(C)C1C(=O)O. The van der Waals surface area contributed by atoms with Gasteiger partial charge in [-0.2, -0.15) is 0 Å². The summed E-state index contributed by atoms with van der Waals surface area (Å²) in [5.74, 6) is -0.930. The number of amides is 2. The summed E-state index contributed by atoms with van der Waals surface area (Å²) in [6, 6.07) is -1.08. The molecule has 2 fully saturated rings. The van der Waals surface area contributed by atoms with Crippen LogP contribution in [0.15, 0.2) is 0 Å². The number of carboxylic acids is 1. The Bertz CT molecular complexity index is 397. The lowest BCUT2D eigenvalue weighted by molar-refractivity contribution is -0.148. The first kappa shape index (κ1) is 15.1. The molecule has 3 unspecified atom stereocenters. The first-order valence-electron chi connectivity index (χ1n) is 7.24. The summed E-state index contributed by atoms with van der Waals surface area (Å²) in [6.07, 6.45) is 2.42. The van der Waals surface area contributed by atoms with E-state index in [4.69, 9.17) is 4.74 Å². The Morgan fingerprint density at radius 1 is 1.40 bits per heavy atom. The van der Waals surface area contributed by atoms with Crippen molar-refractivity contribution >= 4 is 12.0 Å². The minimum absolute atomic E-state index is 0.0139. The molecule has 0 aromatic carbocycles. The number of nitrogens with one attached hydrogen (secondary N) is 1. The van der Waals surface area contributed by atoms with Crippen molar-refractivity contribution in [2.24, 2.45) is 5.41 Å². The highest BCUT2D eigenvalue weighted by Crippen LogP contribution is 2.35. The third-order valence-electron chi connectivity index (χ3n) is 4.45. The number of piperidine rings is 1. The molecule has 0 saturated carbocycles. The Morgan fingerprint density at radius 2 is 2.10 bits per heavy atom. The second kappa shape index (κ2) is 5.60. The van der Waals surface area contributed by atoms with Crippen LogP contribution in [0.5, 0.6) is 0 Å². The number of likely N-dealkylation sites (tertiary alicyclic amines) is 1. The molecular weight excluding hydrogens is 260 g/mol. The van der Waals surface area contributed by atoms with Crippen LogP contribution in [0.25, 0.3) is 0 Å². The molecule has 114 valence electrons. The average Bonchev–Trinajstić information content (AvgIpc) is 2.72. The lowest BCUT2D eigenvalue weighted by Crippen LogP contribution is -2.60. The van der Waals surface area contributed by atoms with Crippen LogP contribution >= 0.6 is 0 Å². The van der Waals surface area contributed by atoms with E-state index in [1.807, 2.05) is 20.8 Å². The van der Waals surface area contributed by atoms with Gasteiger partial charge in [-0.15, -0.1) is 0 Å². The number of ether oxygens (including phenoxy) is 1. The van der Waals surface area contributed by atoms with Crippen LogP contribution in [0.1, 0.15) is 40.0 Å². The van der Waals surface area contributed by atoms with E-state index >= 15 is 0 Å². The first-order chi connectivity index (χ1) is 9.33. The quantitative estimate of drug-likeness (QED) is 0.804. The van der Waals surface area contributed by atoms with Gasteiger partial charge >= 0.3 is 12.0 Å². The summed E-state index contributed by atoms with van der Waals surface area (Å²) < 4.78 is 5.42. The molecule has 2 aliphatic rings. The number of nitrogens with zero attached hydrogens (tertiary/aromatic N) is 1. The maximum Gasteiger partial charge on any atom is 0.327 e. The Kier molecular flexibility index (Phi) is 4.22. The molecule has 6 heteroatoms. The number of hydrogen-bond acceptors (Lipinski definition) is 3. The molecule has 0 radical (unpaired) electrons. The molecule has 0 spiro atoms. The molecule has 2 heterocycles. The van der Waals surface area contributed by atoms with Crippen molar-refractivity contribution in [2.45, 2.75) is 58.2 Å². The zero-order valence-electron chi connectivity index (χ0n) is 12.4. The Morgan fingerprint density at radius 3 is 2.65 bits per heavy atom. The van der Waals surface area contributed by atoms with Gasteiger partial charge in [0.05, 0.1) is 12.1 Å². The number of urea groups is 1. The molecule has 2 amide bonds. The van der Waals surface area contributed by atoms with Gasteiger partial charge in [-0.3, -0.25) is 0 Å². The third kappa shape index (κ3) is 2.90. The molecule has 0 aliphatic carbocycles. The molecule has 2 rings (SSSR count). The van der Waals surface area contributed by atoms with Crippen LogP contribution < -0.4 is 5.32 Å². The van der Waals surface area contributed by atoms with Gasteiger partial charge in [0, 0.05) is 13.2 Å². The molecule has 2 aliphatic heterocycles. The first-order valence-corrected chi connectivity index (χ1v) is 7.24. The van der Waals surface area contributed by atoms with Crippen LogP contribution in [0.4, 0.5) is 4.79 Å². The molecule has 0 aromatic rings. The second-order valence-electron chi connectivity index (χ2n) is 6.45. The molecule has 20 heavy (non-hydrogen) atoms. The molecule has 3 atom stereocenters. The van der Waals surface area contributed by atoms with E-state index in [1.165, 1.54) is 4.90 Å². The number of aliphatic carboxylic acids is 1. The van der Waals surface area contributed by atoms with E-state index < -0.39 is 17.4 Å². The lowest BCUT2D eigenvalue weighted by atomic mass is 9.76. The number of carbonyl (C=O) groups excluding carboxylic acids is 1. The topological polar surface area (TPSA) is 78.9 Å². The van der Waals surface area contributed by atoms with Gasteiger partial charge in [-0.1, -0.05) is 13.8 Å². The van der Waals surface area contributed by atoms with E-state index in [1.54, 1.807) is 0 Å². The zero-order chi connectivity index (χ0) is 14.9. The van der Waals surface area contributed by atoms with E-state index in [0.717, 1.165) is 19.3 Å². The van der Waals surface area contributed by atoms with Gasteiger partial charge in [-0.25, -0.2) is 9.59 Å². The van der Waals surface area contributed by atoms with Crippen LogP contribution in [0.2, 0.25) is 0 Å². The highest BCUT2D eigenvalue weighted by molar-refractivity contribution is 5.83. The Hall–Kier alpha value is -1.30. The van der Waals surface area contributed by atoms with Gasteiger partial charge in [0.2, 0.25) is 0 Å². The van der Waals surface area contributed by atoms with Crippen molar-refractivity contribution in [3.05, 3.63) is 0 Å². The molecule has 0 aromatic heterocycles. The summed E-state index contributed by atoms with van der Waals surface area (Å²) in [4.78, 5) is 25.4. The maximum atomic E-state index is 12.4. The van der Waals surface area contributed by atoms with Crippen LogP contribution in [-0.4, -0.2) is 53.3 Å². The third-order valence-corrected chi connectivity index (χ3v) is 4.45. The molecule has 2 saturated heterocycles. The second-order valence-corrected chi connectivity index (χ2v) is 6.45. The summed E-state index contributed by atoms with van der Waals surface area (Å²) >= 11 is 0. The molecule has 0 bridgehead atoms. The van der Waals surface area contributed by atoms with Crippen molar-refractivity contribution < 1.29 is 19.4 Å². The molecule has 2 N–H and O–H groups in total. The van der Waals surface area contributed by atoms with E-state index in [2.05, 4.69) is 5.32 Å². The number of carbonyl (C=O) groups is 2.